The Morgan fingerprint density at radius 3 is 2.86 bits per heavy atom. The molecule has 2 heterocycles. The van der Waals surface area contributed by atoms with E-state index in [9.17, 15) is 18.8 Å². The van der Waals surface area contributed by atoms with Crippen LogP contribution >= 0.6 is 0 Å². The molecule has 0 radical (unpaired) electrons. The fourth-order valence-electron chi connectivity index (χ4n) is 2.59. The van der Waals surface area contributed by atoms with Gasteiger partial charge in [0, 0.05) is 12.0 Å². The molecular weight excluding hydrogens is 283 g/mol. The van der Waals surface area contributed by atoms with Crippen LogP contribution in [-0.4, -0.2) is 23.9 Å². The summed E-state index contributed by atoms with van der Waals surface area (Å²) in [5, 5.41) is 4.53. The molecule has 2 aliphatic heterocycles. The van der Waals surface area contributed by atoms with Crippen molar-refractivity contribution in [3.8, 4) is 5.75 Å². The highest BCUT2D eigenvalue weighted by atomic mass is 19.1. The van der Waals surface area contributed by atoms with Gasteiger partial charge in [-0.05, 0) is 18.2 Å². The zero-order valence-corrected chi connectivity index (χ0v) is 10.6. The Balaban J connectivity index is 2.14. The number of carbonyl (C=O) groups excluding carboxylic acids is 3. The highest BCUT2D eigenvalue weighted by molar-refractivity contribution is 6.08. The van der Waals surface area contributed by atoms with E-state index in [1.807, 2.05) is 5.43 Å². The molecular formula is C12H11FN4O4. The van der Waals surface area contributed by atoms with Crippen molar-refractivity contribution < 1.29 is 23.5 Å². The van der Waals surface area contributed by atoms with Crippen LogP contribution in [0, 0.1) is 5.82 Å². The number of nitrogens with one attached hydrogen (secondary N) is 3. The molecule has 0 unspecified atom stereocenters. The van der Waals surface area contributed by atoms with Crippen molar-refractivity contribution >= 4 is 17.8 Å². The lowest BCUT2D eigenvalue weighted by atomic mass is 9.81. The largest absolute Gasteiger partial charge is 0.480 e. The number of benzene rings is 1. The highest BCUT2D eigenvalue weighted by Gasteiger charge is 2.54. The van der Waals surface area contributed by atoms with Crippen molar-refractivity contribution in [2.45, 2.75) is 18.1 Å². The number of carbonyl (C=O) groups is 3. The molecule has 4 amide bonds. The summed E-state index contributed by atoms with van der Waals surface area (Å²) < 4.78 is 18.9. The maximum atomic E-state index is 13.5. The summed E-state index contributed by atoms with van der Waals surface area (Å²) in [4.78, 5) is 35.3. The van der Waals surface area contributed by atoms with E-state index >= 15 is 0 Å². The third-order valence-electron chi connectivity index (χ3n) is 3.54. The molecule has 1 fully saturated rings. The summed E-state index contributed by atoms with van der Waals surface area (Å²) in [7, 11) is 0. The Hall–Kier alpha value is -2.68. The second-order valence-corrected chi connectivity index (χ2v) is 4.77. The minimum Gasteiger partial charge on any atom is -0.480 e. The second kappa shape index (κ2) is 4.42. The molecule has 2 atom stereocenters. The Labute approximate surface area is 117 Å². The smallest absolute Gasteiger partial charge is 0.322 e. The minimum atomic E-state index is -1.55. The number of hydrogen-bond acceptors (Lipinski definition) is 5. The number of halogens is 1. The summed E-state index contributed by atoms with van der Waals surface area (Å²) in [6.07, 6.45) is -1.28. The van der Waals surface area contributed by atoms with Crippen LogP contribution in [0.4, 0.5) is 9.18 Å². The van der Waals surface area contributed by atoms with Gasteiger partial charge in [0.15, 0.2) is 11.6 Å². The highest BCUT2D eigenvalue weighted by Crippen LogP contribution is 2.41. The normalized spacial score (nSPS) is 26.7. The van der Waals surface area contributed by atoms with Crippen molar-refractivity contribution in [1.29, 1.82) is 0 Å². The number of hydrogen-bond donors (Lipinski definition) is 4. The van der Waals surface area contributed by atoms with Crippen molar-refractivity contribution in [1.82, 2.24) is 16.1 Å². The topological polar surface area (TPSA) is 123 Å². The Morgan fingerprint density at radius 1 is 1.48 bits per heavy atom. The van der Waals surface area contributed by atoms with Crippen molar-refractivity contribution in [2.24, 2.45) is 5.84 Å². The first-order valence-electron chi connectivity index (χ1n) is 6.07. The lowest BCUT2D eigenvalue weighted by Gasteiger charge is -2.36. The number of nitrogens with two attached hydrogens (primary N) is 1. The molecule has 0 aromatic heterocycles. The molecule has 9 heteroatoms. The van der Waals surface area contributed by atoms with E-state index in [1.165, 1.54) is 6.07 Å². The van der Waals surface area contributed by atoms with Gasteiger partial charge in [0.2, 0.25) is 0 Å². The third-order valence-corrected chi connectivity index (χ3v) is 3.54. The number of fused-ring (bicyclic) bond motifs is 2. The number of amides is 4. The molecule has 1 spiro atoms. The number of imide groups is 1. The predicted octanol–water partition coefficient (Wildman–Crippen LogP) is -0.999. The van der Waals surface area contributed by atoms with Crippen molar-refractivity contribution in [3.63, 3.8) is 0 Å². The van der Waals surface area contributed by atoms with Gasteiger partial charge in [0.05, 0.1) is 0 Å². The lowest BCUT2D eigenvalue weighted by molar-refractivity contribution is -0.133. The number of hydrazine groups is 1. The maximum Gasteiger partial charge on any atom is 0.322 e. The minimum absolute atomic E-state index is 0.133. The van der Waals surface area contributed by atoms with Crippen LogP contribution in [0.1, 0.15) is 12.0 Å². The van der Waals surface area contributed by atoms with Gasteiger partial charge in [-0.15, -0.1) is 0 Å². The molecule has 110 valence electrons. The quantitative estimate of drug-likeness (QED) is 0.229. The van der Waals surface area contributed by atoms with Gasteiger partial charge in [-0.2, -0.15) is 0 Å². The lowest BCUT2D eigenvalue weighted by Crippen LogP contribution is -2.55. The van der Waals surface area contributed by atoms with Crippen LogP contribution in [0.3, 0.4) is 0 Å². The predicted molar refractivity (Wildman–Crippen MR) is 66.1 cm³/mol. The van der Waals surface area contributed by atoms with Crippen LogP contribution in [0.15, 0.2) is 18.2 Å². The van der Waals surface area contributed by atoms with E-state index in [0.717, 1.165) is 12.1 Å². The number of ether oxygens (including phenoxy) is 1. The van der Waals surface area contributed by atoms with Gasteiger partial charge in [-0.1, -0.05) is 0 Å². The van der Waals surface area contributed by atoms with Gasteiger partial charge >= 0.3 is 6.03 Å². The molecule has 2 aliphatic rings. The van der Waals surface area contributed by atoms with Crippen LogP contribution in [0.2, 0.25) is 0 Å². The average molecular weight is 294 g/mol. The molecule has 0 saturated carbocycles. The monoisotopic (exact) mass is 294 g/mol. The number of rotatable bonds is 1. The van der Waals surface area contributed by atoms with Crippen LogP contribution in [0.25, 0.3) is 0 Å². The van der Waals surface area contributed by atoms with Gasteiger partial charge in [-0.25, -0.2) is 15.0 Å². The Bertz CT molecular complexity index is 665. The zero-order valence-electron chi connectivity index (χ0n) is 10.6. The molecule has 5 N–H and O–H groups in total. The molecule has 1 aromatic rings. The number of urea groups is 1. The van der Waals surface area contributed by atoms with E-state index < -0.39 is 35.3 Å². The molecule has 21 heavy (non-hydrogen) atoms. The average Bonchev–Trinajstić information content (AvgIpc) is 2.73. The second-order valence-electron chi connectivity index (χ2n) is 4.77. The molecule has 3 rings (SSSR count). The van der Waals surface area contributed by atoms with E-state index in [0.29, 0.717) is 0 Å². The maximum absolute atomic E-state index is 13.5. The fourth-order valence-corrected chi connectivity index (χ4v) is 2.59. The zero-order chi connectivity index (χ0) is 15.2. The molecule has 0 aliphatic carbocycles. The first-order valence-corrected chi connectivity index (χ1v) is 6.07. The standard InChI is InChI=1S/C12H11FN4O4/c13-5-1-2-7-6(3-5)12(10(19)15-11(20)16-12)4-8(21-7)9(18)17-14/h1-3,8H,4,14H2,(H,17,18)(H2,15,16,19,20)/t8-,12+/m0/s1. The summed E-state index contributed by atoms with van der Waals surface area (Å²) in [5.41, 5.74) is 0.534. The SMILES string of the molecule is NNC(=O)[C@@H]1C[C@@]2(NC(=O)NC2=O)c2cc(F)ccc2O1. The van der Waals surface area contributed by atoms with Crippen LogP contribution < -0.4 is 26.6 Å². The molecule has 1 aromatic carbocycles. The van der Waals surface area contributed by atoms with Crippen LogP contribution in [-0.2, 0) is 15.1 Å². The van der Waals surface area contributed by atoms with E-state index in [1.54, 1.807) is 0 Å². The first kappa shape index (κ1) is 13.3. The first-order chi connectivity index (χ1) is 9.96. The Kier molecular flexibility index (Phi) is 2.80. The van der Waals surface area contributed by atoms with E-state index in [-0.39, 0.29) is 17.7 Å². The summed E-state index contributed by atoms with van der Waals surface area (Å²) in [5.74, 6) is 3.29. The van der Waals surface area contributed by atoms with Gasteiger partial charge in [0.25, 0.3) is 11.8 Å². The fraction of sp³-hybridized carbons (Fsp3) is 0.250. The Morgan fingerprint density at radius 2 is 2.24 bits per heavy atom. The van der Waals surface area contributed by atoms with Crippen molar-refractivity contribution in [2.75, 3.05) is 0 Å². The molecule has 8 nitrogen and oxygen atoms in total. The van der Waals surface area contributed by atoms with Crippen molar-refractivity contribution in [3.05, 3.63) is 29.6 Å². The molecule has 1 saturated heterocycles. The summed E-state index contributed by atoms with van der Waals surface area (Å²) in [6, 6.07) is 2.80. The van der Waals surface area contributed by atoms with Gasteiger partial charge in [0.1, 0.15) is 11.6 Å². The van der Waals surface area contributed by atoms with E-state index in [4.69, 9.17) is 10.6 Å². The summed E-state index contributed by atoms with van der Waals surface area (Å²) in [6.45, 7) is 0. The summed E-state index contributed by atoms with van der Waals surface area (Å²) >= 11 is 0. The van der Waals surface area contributed by atoms with Gasteiger partial charge < -0.3 is 10.1 Å². The van der Waals surface area contributed by atoms with E-state index in [2.05, 4.69) is 10.6 Å². The van der Waals surface area contributed by atoms with Crippen LogP contribution in [0.5, 0.6) is 5.75 Å². The van der Waals surface area contributed by atoms with Gasteiger partial charge in [-0.3, -0.25) is 20.3 Å². The third kappa shape index (κ3) is 1.89. The molecule has 0 bridgehead atoms.